The van der Waals surface area contributed by atoms with E-state index in [4.69, 9.17) is 23.2 Å². The zero-order valence-corrected chi connectivity index (χ0v) is 9.62. The summed E-state index contributed by atoms with van der Waals surface area (Å²) in [6.45, 7) is 4.25. The van der Waals surface area contributed by atoms with E-state index in [9.17, 15) is 0 Å². The molecule has 0 aromatic heterocycles. The highest BCUT2D eigenvalue weighted by Crippen LogP contribution is 2.31. The van der Waals surface area contributed by atoms with Crippen molar-refractivity contribution in [2.45, 2.75) is 19.3 Å². The molecule has 0 bridgehead atoms. The highest BCUT2D eigenvalue weighted by molar-refractivity contribution is 6.42. The van der Waals surface area contributed by atoms with Crippen LogP contribution in [0.5, 0.6) is 0 Å². The molecule has 1 nitrogen and oxygen atoms in total. The zero-order chi connectivity index (χ0) is 10.1. The minimum Gasteiger partial charge on any atom is -0.316 e. The third-order valence-corrected chi connectivity index (χ3v) is 3.46. The van der Waals surface area contributed by atoms with Crippen LogP contribution in [-0.4, -0.2) is 13.1 Å². The van der Waals surface area contributed by atoms with Crippen molar-refractivity contribution >= 4 is 23.2 Å². The van der Waals surface area contributed by atoms with Gasteiger partial charge in [0.25, 0.3) is 0 Å². The summed E-state index contributed by atoms with van der Waals surface area (Å²) >= 11 is 12.0. The van der Waals surface area contributed by atoms with Gasteiger partial charge in [0.05, 0.1) is 10.0 Å². The quantitative estimate of drug-likeness (QED) is 0.721. The van der Waals surface area contributed by atoms with Gasteiger partial charge >= 0.3 is 0 Å². The fourth-order valence-electron chi connectivity index (χ4n) is 1.93. The van der Waals surface area contributed by atoms with Crippen LogP contribution in [0.15, 0.2) is 12.1 Å². The van der Waals surface area contributed by atoms with Crippen LogP contribution >= 0.6 is 23.2 Å². The third kappa shape index (κ3) is 1.90. The minimum atomic E-state index is 0.516. The molecule has 0 saturated carbocycles. The molecule has 0 amide bonds. The zero-order valence-electron chi connectivity index (χ0n) is 8.11. The van der Waals surface area contributed by atoms with E-state index < -0.39 is 0 Å². The number of rotatable bonds is 0. The molecule has 0 spiro atoms. The van der Waals surface area contributed by atoms with E-state index in [2.05, 4.69) is 12.2 Å². The standard InChI is InChI=1S/C11H13Cl2N/c1-7-6-14-3-2-8-4-10(12)11(13)5-9(7)8/h4-5,7,14H,2-3,6H2,1H3/t7-/m0/s1. The molecule has 1 atom stereocenters. The van der Waals surface area contributed by atoms with Crippen molar-refractivity contribution in [3.8, 4) is 0 Å². The molecule has 1 aliphatic heterocycles. The van der Waals surface area contributed by atoms with Gasteiger partial charge in [-0.2, -0.15) is 0 Å². The van der Waals surface area contributed by atoms with Gasteiger partial charge in [-0.1, -0.05) is 30.1 Å². The lowest BCUT2D eigenvalue weighted by Gasteiger charge is -2.13. The highest BCUT2D eigenvalue weighted by atomic mass is 35.5. The molecule has 14 heavy (non-hydrogen) atoms. The van der Waals surface area contributed by atoms with Crippen molar-refractivity contribution in [1.29, 1.82) is 0 Å². The van der Waals surface area contributed by atoms with E-state index in [-0.39, 0.29) is 0 Å². The van der Waals surface area contributed by atoms with E-state index in [1.807, 2.05) is 12.1 Å². The van der Waals surface area contributed by atoms with Crippen LogP contribution in [0.4, 0.5) is 0 Å². The molecule has 0 unspecified atom stereocenters. The smallest absolute Gasteiger partial charge is 0.0595 e. The second-order valence-electron chi connectivity index (χ2n) is 3.82. The SMILES string of the molecule is C[C@H]1CNCCc2cc(Cl)c(Cl)cc21. The van der Waals surface area contributed by atoms with Gasteiger partial charge in [-0.25, -0.2) is 0 Å². The number of hydrogen-bond donors (Lipinski definition) is 1. The van der Waals surface area contributed by atoms with Crippen LogP contribution in [0.1, 0.15) is 24.0 Å². The topological polar surface area (TPSA) is 12.0 Å². The summed E-state index contributed by atoms with van der Waals surface area (Å²) in [5.74, 6) is 0.516. The maximum atomic E-state index is 6.01. The second-order valence-corrected chi connectivity index (χ2v) is 4.63. The van der Waals surface area contributed by atoms with E-state index in [0.717, 1.165) is 19.5 Å². The molecule has 2 rings (SSSR count). The minimum absolute atomic E-state index is 0.516. The first kappa shape index (κ1) is 10.3. The van der Waals surface area contributed by atoms with Crippen LogP contribution in [0, 0.1) is 0 Å². The first-order valence-corrected chi connectivity index (χ1v) is 5.62. The molecule has 3 heteroatoms. The van der Waals surface area contributed by atoms with Crippen molar-refractivity contribution in [3.63, 3.8) is 0 Å². The van der Waals surface area contributed by atoms with Crippen molar-refractivity contribution < 1.29 is 0 Å². The number of halogens is 2. The van der Waals surface area contributed by atoms with Crippen molar-refractivity contribution in [1.82, 2.24) is 5.32 Å². The molecule has 0 radical (unpaired) electrons. The summed E-state index contributed by atoms with van der Waals surface area (Å²) in [7, 11) is 0. The predicted octanol–water partition coefficient (Wildman–Crippen LogP) is 3.24. The summed E-state index contributed by atoms with van der Waals surface area (Å²) in [5.41, 5.74) is 2.67. The van der Waals surface area contributed by atoms with Crippen LogP contribution in [-0.2, 0) is 6.42 Å². The summed E-state index contributed by atoms with van der Waals surface area (Å²) in [4.78, 5) is 0. The fraction of sp³-hybridized carbons (Fsp3) is 0.455. The second kappa shape index (κ2) is 4.09. The van der Waals surface area contributed by atoms with E-state index in [1.165, 1.54) is 11.1 Å². The van der Waals surface area contributed by atoms with Crippen LogP contribution in [0.2, 0.25) is 10.0 Å². The molecule has 1 aromatic rings. The molecular formula is C11H13Cl2N. The Hall–Kier alpha value is -0.240. The Morgan fingerprint density at radius 1 is 1.29 bits per heavy atom. The van der Waals surface area contributed by atoms with Crippen molar-refractivity contribution in [2.75, 3.05) is 13.1 Å². The average molecular weight is 230 g/mol. The van der Waals surface area contributed by atoms with Gasteiger partial charge in [0, 0.05) is 6.54 Å². The van der Waals surface area contributed by atoms with Crippen LogP contribution < -0.4 is 5.32 Å². The lowest BCUT2D eigenvalue weighted by Crippen LogP contribution is -2.18. The Bertz CT molecular complexity index is 349. The predicted molar refractivity (Wildman–Crippen MR) is 61.5 cm³/mol. The normalized spacial score (nSPS) is 21.5. The van der Waals surface area contributed by atoms with Gasteiger partial charge in [-0.3, -0.25) is 0 Å². The van der Waals surface area contributed by atoms with Crippen molar-refractivity contribution in [3.05, 3.63) is 33.3 Å². The third-order valence-electron chi connectivity index (χ3n) is 2.73. The average Bonchev–Trinajstić information content (AvgIpc) is 2.31. The van der Waals surface area contributed by atoms with Gasteiger partial charge < -0.3 is 5.32 Å². The Labute approximate surface area is 94.4 Å². The number of benzene rings is 1. The van der Waals surface area contributed by atoms with Gasteiger partial charge in [0.2, 0.25) is 0 Å². The molecular weight excluding hydrogens is 217 g/mol. The maximum Gasteiger partial charge on any atom is 0.0595 e. The van der Waals surface area contributed by atoms with Gasteiger partial charge in [0.15, 0.2) is 0 Å². The fourth-order valence-corrected chi connectivity index (χ4v) is 2.29. The Morgan fingerprint density at radius 3 is 2.79 bits per heavy atom. The van der Waals surface area contributed by atoms with E-state index in [0.29, 0.717) is 16.0 Å². The monoisotopic (exact) mass is 229 g/mol. The van der Waals surface area contributed by atoms with Gasteiger partial charge in [-0.15, -0.1) is 0 Å². The Balaban J connectivity index is 2.49. The summed E-state index contributed by atoms with van der Waals surface area (Å²) in [5, 5.41) is 4.73. The number of hydrogen-bond acceptors (Lipinski definition) is 1. The number of nitrogens with one attached hydrogen (secondary N) is 1. The molecule has 1 aliphatic rings. The lowest BCUT2D eigenvalue weighted by atomic mass is 9.95. The first-order valence-electron chi connectivity index (χ1n) is 4.87. The molecule has 0 saturated heterocycles. The molecule has 0 aliphatic carbocycles. The summed E-state index contributed by atoms with van der Waals surface area (Å²) in [6.07, 6.45) is 1.04. The molecule has 1 heterocycles. The van der Waals surface area contributed by atoms with Gasteiger partial charge in [0.1, 0.15) is 0 Å². The molecule has 0 fully saturated rings. The lowest BCUT2D eigenvalue weighted by molar-refractivity contribution is 0.644. The summed E-state index contributed by atoms with van der Waals surface area (Å²) in [6, 6.07) is 4.01. The van der Waals surface area contributed by atoms with Gasteiger partial charge in [-0.05, 0) is 42.1 Å². The Morgan fingerprint density at radius 2 is 2.00 bits per heavy atom. The maximum absolute atomic E-state index is 6.01. The van der Waals surface area contributed by atoms with Crippen LogP contribution in [0.3, 0.4) is 0 Å². The van der Waals surface area contributed by atoms with E-state index >= 15 is 0 Å². The van der Waals surface area contributed by atoms with E-state index in [1.54, 1.807) is 0 Å². The molecule has 1 N–H and O–H groups in total. The number of fused-ring (bicyclic) bond motifs is 1. The highest BCUT2D eigenvalue weighted by Gasteiger charge is 2.16. The Kier molecular flexibility index (Phi) is 3.01. The van der Waals surface area contributed by atoms with Crippen molar-refractivity contribution in [2.24, 2.45) is 0 Å². The largest absolute Gasteiger partial charge is 0.316 e. The van der Waals surface area contributed by atoms with Crippen LogP contribution in [0.25, 0.3) is 0 Å². The molecule has 1 aromatic carbocycles. The first-order chi connectivity index (χ1) is 6.68. The molecule has 76 valence electrons. The summed E-state index contributed by atoms with van der Waals surface area (Å²) < 4.78 is 0.